The number of hydrogen-bond donors (Lipinski definition) is 1. The normalized spacial score (nSPS) is 15.3. The zero-order valence-electron chi connectivity index (χ0n) is 14.8. The van der Waals surface area contributed by atoms with Gasteiger partial charge in [-0.15, -0.1) is 11.3 Å². The molecule has 2 aromatic heterocycles. The third-order valence-electron chi connectivity index (χ3n) is 4.77. The van der Waals surface area contributed by atoms with Crippen LogP contribution in [0.25, 0.3) is 22.4 Å². The molecule has 136 valence electrons. The van der Waals surface area contributed by atoms with Gasteiger partial charge in [-0.05, 0) is 31.9 Å². The number of carbonyl (C=O) groups excluding carboxylic acids is 1. The van der Waals surface area contributed by atoms with E-state index in [1.165, 1.54) is 17.8 Å². The minimum absolute atomic E-state index is 0.0915. The van der Waals surface area contributed by atoms with Crippen LogP contribution in [0.4, 0.5) is 5.13 Å². The molecule has 0 unspecified atom stereocenters. The van der Waals surface area contributed by atoms with Crippen molar-refractivity contribution in [2.45, 2.75) is 39.0 Å². The van der Waals surface area contributed by atoms with Gasteiger partial charge in [0.15, 0.2) is 22.2 Å². The van der Waals surface area contributed by atoms with Crippen molar-refractivity contribution in [2.75, 3.05) is 11.9 Å². The van der Waals surface area contributed by atoms with Crippen LogP contribution in [0.1, 0.15) is 39.0 Å². The first-order valence-electron chi connectivity index (χ1n) is 9.16. The molecule has 1 N–H and O–H groups in total. The molecule has 0 spiro atoms. The number of benzene rings is 1. The van der Waals surface area contributed by atoms with Crippen molar-refractivity contribution in [2.24, 2.45) is 5.92 Å². The fraction of sp³-hybridized carbons (Fsp3) is 0.400. The summed E-state index contributed by atoms with van der Waals surface area (Å²) in [5.41, 5.74) is 1.46. The molecule has 3 aromatic rings. The van der Waals surface area contributed by atoms with Crippen molar-refractivity contribution >= 4 is 33.3 Å². The Hall–Kier alpha value is -2.34. The van der Waals surface area contributed by atoms with Crippen molar-refractivity contribution in [3.63, 3.8) is 0 Å². The summed E-state index contributed by atoms with van der Waals surface area (Å²) < 4.78 is 11.6. The molecule has 1 amide bonds. The summed E-state index contributed by atoms with van der Waals surface area (Å²) in [5, 5.41) is 6.49. The second-order valence-electron chi connectivity index (χ2n) is 6.58. The van der Waals surface area contributed by atoms with Gasteiger partial charge in [0.25, 0.3) is 0 Å². The largest absolute Gasteiger partial charge is 0.490 e. The molecule has 0 atom stereocenters. The Bertz CT molecular complexity index is 909. The predicted octanol–water partition coefficient (Wildman–Crippen LogP) is 5.47. The van der Waals surface area contributed by atoms with Crippen molar-refractivity contribution in [1.82, 2.24) is 4.98 Å². The van der Waals surface area contributed by atoms with E-state index in [0.29, 0.717) is 17.5 Å². The number of nitrogens with zero attached hydrogens (tertiary/aromatic N) is 1. The zero-order chi connectivity index (χ0) is 17.9. The van der Waals surface area contributed by atoms with E-state index in [1.807, 2.05) is 36.6 Å². The molecule has 0 bridgehead atoms. The van der Waals surface area contributed by atoms with Crippen LogP contribution >= 0.6 is 11.3 Å². The average Bonchev–Trinajstić information content (AvgIpc) is 3.30. The molecule has 1 aromatic carbocycles. The Morgan fingerprint density at radius 3 is 3.00 bits per heavy atom. The lowest BCUT2D eigenvalue weighted by molar-refractivity contribution is -0.120. The maximum atomic E-state index is 12.4. The highest BCUT2D eigenvalue weighted by molar-refractivity contribution is 7.14. The van der Waals surface area contributed by atoms with E-state index in [-0.39, 0.29) is 11.8 Å². The van der Waals surface area contributed by atoms with E-state index in [1.54, 1.807) is 0 Å². The fourth-order valence-electron chi connectivity index (χ4n) is 3.45. The summed E-state index contributed by atoms with van der Waals surface area (Å²) in [4.78, 5) is 16.9. The third kappa shape index (κ3) is 3.46. The maximum Gasteiger partial charge on any atom is 0.229 e. The molecule has 0 saturated heterocycles. The SMILES string of the molecule is CCOc1cccc2cc(-c3csc(NC(=O)C4CCCCC4)n3)oc12. The van der Waals surface area contributed by atoms with Gasteiger partial charge in [0.05, 0.1) is 6.61 Å². The van der Waals surface area contributed by atoms with E-state index in [2.05, 4.69) is 10.3 Å². The first-order chi connectivity index (χ1) is 12.7. The number of amides is 1. The lowest BCUT2D eigenvalue weighted by atomic mass is 9.89. The van der Waals surface area contributed by atoms with Gasteiger partial charge in [-0.2, -0.15) is 0 Å². The van der Waals surface area contributed by atoms with E-state index >= 15 is 0 Å². The summed E-state index contributed by atoms with van der Waals surface area (Å²) in [6.07, 6.45) is 5.48. The Kier molecular flexibility index (Phi) is 4.93. The van der Waals surface area contributed by atoms with Crippen LogP contribution in [0.15, 0.2) is 34.1 Å². The van der Waals surface area contributed by atoms with Gasteiger partial charge < -0.3 is 14.5 Å². The van der Waals surface area contributed by atoms with Gasteiger partial charge in [-0.25, -0.2) is 4.98 Å². The highest BCUT2D eigenvalue weighted by Gasteiger charge is 2.22. The van der Waals surface area contributed by atoms with Gasteiger partial charge in [0.2, 0.25) is 5.91 Å². The van der Waals surface area contributed by atoms with E-state index in [9.17, 15) is 4.79 Å². The van der Waals surface area contributed by atoms with E-state index in [4.69, 9.17) is 9.15 Å². The van der Waals surface area contributed by atoms with Crippen molar-refractivity contribution in [1.29, 1.82) is 0 Å². The van der Waals surface area contributed by atoms with Gasteiger partial charge in [0, 0.05) is 16.7 Å². The van der Waals surface area contributed by atoms with Gasteiger partial charge in [-0.1, -0.05) is 31.4 Å². The first-order valence-corrected chi connectivity index (χ1v) is 10.0. The second-order valence-corrected chi connectivity index (χ2v) is 7.44. The number of para-hydroxylation sites is 1. The van der Waals surface area contributed by atoms with Crippen LogP contribution in [0.5, 0.6) is 5.75 Å². The molecule has 1 fully saturated rings. The third-order valence-corrected chi connectivity index (χ3v) is 5.53. The summed E-state index contributed by atoms with van der Waals surface area (Å²) in [6, 6.07) is 7.79. The van der Waals surface area contributed by atoms with Crippen molar-refractivity contribution < 1.29 is 13.9 Å². The number of hydrogen-bond acceptors (Lipinski definition) is 5. The summed E-state index contributed by atoms with van der Waals surface area (Å²) in [7, 11) is 0. The van der Waals surface area contributed by atoms with Gasteiger partial charge in [-0.3, -0.25) is 4.79 Å². The molecule has 0 radical (unpaired) electrons. The average molecular weight is 370 g/mol. The molecule has 1 aliphatic rings. The van der Waals surface area contributed by atoms with Gasteiger partial charge in [0.1, 0.15) is 5.69 Å². The van der Waals surface area contributed by atoms with Crippen LogP contribution < -0.4 is 10.1 Å². The number of thiazole rings is 1. The molecule has 1 saturated carbocycles. The van der Waals surface area contributed by atoms with Crippen LogP contribution in [0, 0.1) is 5.92 Å². The monoisotopic (exact) mass is 370 g/mol. The highest BCUT2D eigenvalue weighted by atomic mass is 32.1. The minimum atomic E-state index is 0.0915. The predicted molar refractivity (Wildman–Crippen MR) is 104 cm³/mol. The molecule has 26 heavy (non-hydrogen) atoms. The zero-order valence-corrected chi connectivity index (χ0v) is 15.6. The van der Waals surface area contributed by atoms with Crippen LogP contribution in [0.2, 0.25) is 0 Å². The lowest BCUT2D eigenvalue weighted by Crippen LogP contribution is -2.24. The molecule has 2 heterocycles. The topological polar surface area (TPSA) is 64.4 Å². The van der Waals surface area contributed by atoms with Crippen molar-refractivity contribution in [3.8, 4) is 17.2 Å². The number of aromatic nitrogens is 1. The van der Waals surface area contributed by atoms with Crippen LogP contribution in [0.3, 0.4) is 0 Å². The molecular formula is C20H22N2O3S. The summed E-state index contributed by atoms with van der Waals surface area (Å²) in [6.45, 7) is 2.54. The molecule has 0 aliphatic heterocycles. The maximum absolute atomic E-state index is 12.4. The second kappa shape index (κ2) is 7.50. The molecule has 6 heteroatoms. The van der Waals surface area contributed by atoms with Crippen molar-refractivity contribution in [3.05, 3.63) is 29.6 Å². The quantitative estimate of drug-likeness (QED) is 0.646. The number of furan rings is 1. The molecule has 4 rings (SSSR count). The first kappa shape index (κ1) is 17.1. The smallest absolute Gasteiger partial charge is 0.229 e. The number of carbonyl (C=O) groups is 1. The molecular weight excluding hydrogens is 348 g/mol. The number of rotatable bonds is 5. The Morgan fingerprint density at radius 2 is 2.19 bits per heavy atom. The van der Waals surface area contributed by atoms with E-state index in [0.717, 1.165) is 48.1 Å². The summed E-state index contributed by atoms with van der Waals surface area (Å²) >= 11 is 1.43. The molecule has 1 aliphatic carbocycles. The van der Waals surface area contributed by atoms with Crippen LogP contribution in [-0.4, -0.2) is 17.5 Å². The lowest BCUT2D eigenvalue weighted by Gasteiger charge is -2.19. The van der Waals surface area contributed by atoms with E-state index < -0.39 is 0 Å². The number of fused-ring (bicyclic) bond motifs is 1. The number of nitrogens with one attached hydrogen (secondary N) is 1. The van der Waals surface area contributed by atoms with Gasteiger partial charge >= 0.3 is 0 Å². The fourth-order valence-corrected chi connectivity index (χ4v) is 4.15. The minimum Gasteiger partial charge on any atom is -0.490 e. The summed E-state index contributed by atoms with van der Waals surface area (Å²) in [5.74, 6) is 1.63. The number of ether oxygens (including phenoxy) is 1. The molecule has 5 nitrogen and oxygen atoms in total. The Morgan fingerprint density at radius 1 is 1.35 bits per heavy atom. The Balaban J connectivity index is 1.53. The van der Waals surface area contributed by atoms with Crippen LogP contribution in [-0.2, 0) is 4.79 Å². The number of anilines is 1. The standard InChI is InChI=1S/C20H22N2O3S/c1-2-24-16-10-6-9-14-11-17(25-18(14)16)15-12-26-20(21-15)22-19(23)13-7-4-3-5-8-13/h6,9-13H,2-5,7-8H2,1H3,(H,21,22,23). The highest BCUT2D eigenvalue weighted by Crippen LogP contribution is 2.35. The Labute approximate surface area is 156 Å².